The Morgan fingerprint density at radius 2 is 1.69 bits per heavy atom. The minimum Gasteiger partial charge on any atom is -0.508 e. The third-order valence-electron chi connectivity index (χ3n) is 1.66. The van der Waals surface area contributed by atoms with Gasteiger partial charge in [0.1, 0.15) is 11.5 Å². The van der Waals surface area contributed by atoms with Crippen molar-refractivity contribution in [3.05, 3.63) is 29.8 Å². The van der Waals surface area contributed by atoms with Crippen LogP contribution in [0.3, 0.4) is 0 Å². The number of aromatic hydroxyl groups is 1. The fourth-order valence-electron chi connectivity index (χ4n) is 0.689. The zero-order chi connectivity index (χ0) is 13.0. The molecule has 0 aliphatic rings. The third kappa shape index (κ3) is 10.7. The molecule has 0 unspecified atom stereocenters. The van der Waals surface area contributed by atoms with E-state index in [1.54, 1.807) is 19.1 Å². The van der Waals surface area contributed by atoms with Gasteiger partial charge in [-0.3, -0.25) is 4.79 Å². The molecule has 0 aromatic heterocycles. The second-order valence-electron chi connectivity index (χ2n) is 2.93. The first kappa shape index (κ1) is 17.1. The van der Waals surface area contributed by atoms with Gasteiger partial charge in [0.15, 0.2) is 0 Å². The molecule has 3 heteroatoms. The van der Waals surface area contributed by atoms with Crippen molar-refractivity contribution in [3.63, 3.8) is 0 Å². The monoisotopic (exact) mass is 225 g/mol. The predicted molar refractivity (Wildman–Crippen MR) is 68.5 cm³/mol. The quantitative estimate of drug-likeness (QED) is 0.813. The highest BCUT2D eigenvalue weighted by Crippen LogP contribution is 2.07. The van der Waals surface area contributed by atoms with E-state index < -0.39 is 0 Å². The lowest BCUT2D eigenvalue weighted by Gasteiger charge is -1.89. The SMILES string of the molecule is CC.CCC(=O)CN.Cc1ccc(O)cc1. The Bertz CT molecular complexity index is 241. The number of phenolic OH excluding ortho intramolecular Hbond substituents is 1. The topological polar surface area (TPSA) is 63.3 Å². The summed E-state index contributed by atoms with van der Waals surface area (Å²) in [5.74, 6) is 0.450. The molecule has 0 spiro atoms. The number of Topliss-reactive ketones (excluding diaryl/α,β-unsaturated/α-hetero) is 1. The van der Waals surface area contributed by atoms with Crippen LogP contribution in [0.5, 0.6) is 5.75 Å². The second kappa shape index (κ2) is 11.7. The molecule has 0 aliphatic carbocycles. The highest BCUT2D eigenvalue weighted by atomic mass is 16.3. The van der Waals surface area contributed by atoms with Crippen molar-refractivity contribution in [2.24, 2.45) is 5.73 Å². The van der Waals surface area contributed by atoms with E-state index in [0.29, 0.717) is 12.2 Å². The van der Waals surface area contributed by atoms with Crippen LogP contribution < -0.4 is 5.73 Å². The Balaban J connectivity index is 0. The maximum absolute atomic E-state index is 10.1. The Morgan fingerprint density at radius 1 is 1.25 bits per heavy atom. The van der Waals surface area contributed by atoms with Crippen molar-refractivity contribution in [1.29, 1.82) is 0 Å². The lowest BCUT2D eigenvalue weighted by molar-refractivity contribution is -0.117. The zero-order valence-electron chi connectivity index (χ0n) is 10.7. The van der Waals surface area contributed by atoms with Gasteiger partial charge in [-0.1, -0.05) is 38.5 Å². The Kier molecular flexibility index (Phi) is 12.5. The minimum absolute atomic E-state index is 0.120. The summed E-state index contributed by atoms with van der Waals surface area (Å²) >= 11 is 0. The van der Waals surface area contributed by atoms with E-state index >= 15 is 0 Å². The molecule has 0 saturated carbocycles. The lowest BCUT2D eigenvalue weighted by Crippen LogP contribution is -2.11. The van der Waals surface area contributed by atoms with Gasteiger partial charge in [-0.05, 0) is 19.1 Å². The predicted octanol–water partition coefficient (Wildman–Crippen LogP) is 2.65. The number of hydrogen-bond acceptors (Lipinski definition) is 3. The number of benzene rings is 1. The molecule has 1 aromatic carbocycles. The van der Waals surface area contributed by atoms with Gasteiger partial charge in [0.25, 0.3) is 0 Å². The Labute approximate surface area is 98.3 Å². The molecule has 1 rings (SSSR count). The van der Waals surface area contributed by atoms with Crippen LogP contribution in [0.25, 0.3) is 0 Å². The number of nitrogens with two attached hydrogens (primary N) is 1. The van der Waals surface area contributed by atoms with E-state index in [4.69, 9.17) is 10.8 Å². The summed E-state index contributed by atoms with van der Waals surface area (Å²) in [4.78, 5) is 10.1. The van der Waals surface area contributed by atoms with Crippen LogP contribution >= 0.6 is 0 Å². The molecule has 0 heterocycles. The maximum Gasteiger partial charge on any atom is 0.146 e. The van der Waals surface area contributed by atoms with E-state index in [1.165, 1.54) is 5.56 Å². The molecule has 0 amide bonds. The standard InChI is InChI=1S/C7H8O.C4H9NO.C2H6/c1-6-2-4-7(8)5-3-6;1-2-4(6)3-5;1-2/h2-5,8H,1H3;2-3,5H2,1H3;1-2H3. The summed E-state index contributed by atoms with van der Waals surface area (Å²) in [5.41, 5.74) is 6.10. The summed E-state index contributed by atoms with van der Waals surface area (Å²) in [6.07, 6.45) is 0.566. The van der Waals surface area contributed by atoms with Crippen LogP contribution in [-0.4, -0.2) is 17.4 Å². The Morgan fingerprint density at radius 3 is 1.88 bits per heavy atom. The van der Waals surface area contributed by atoms with Gasteiger partial charge in [-0.25, -0.2) is 0 Å². The smallest absolute Gasteiger partial charge is 0.146 e. The van der Waals surface area contributed by atoms with Crippen LogP contribution in [0, 0.1) is 6.92 Å². The summed E-state index contributed by atoms with van der Waals surface area (Å²) in [6, 6.07) is 7.09. The summed E-state index contributed by atoms with van der Waals surface area (Å²) in [7, 11) is 0. The van der Waals surface area contributed by atoms with Gasteiger partial charge >= 0.3 is 0 Å². The van der Waals surface area contributed by atoms with E-state index in [2.05, 4.69) is 0 Å². The van der Waals surface area contributed by atoms with Gasteiger partial charge in [-0.2, -0.15) is 0 Å². The van der Waals surface area contributed by atoms with Gasteiger partial charge in [0.05, 0.1) is 6.54 Å². The molecule has 92 valence electrons. The van der Waals surface area contributed by atoms with Crippen molar-refractivity contribution in [3.8, 4) is 5.75 Å². The third-order valence-corrected chi connectivity index (χ3v) is 1.66. The fourth-order valence-corrected chi connectivity index (χ4v) is 0.689. The number of aryl methyl sites for hydroxylation is 1. The van der Waals surface area contributed by atoms with Gasteiger partial charge in [-0.15, -0.1) is 0 Å². The van der Waals surface area contributed by atoms with Crippen molar-refractivity contribution in [1.82, 2.24) is 0 Å². The molecule has 1 aromatic rings. The maximum atomic E-state index is 10.1. The normalized spacial score (nSPS) is 8.06. The van der Waals surface area contributed by atoms with E-state index in [1.807, 2.05) is 32.9 Å². The van der Waals surface area contributed by atoms with Crippen LogP contribution in [0.4, 0.5) is 0 Å². The average molecular weight is 225 g/mol. The molecular weight excluding hydrogens is 202 g/mol. The molecule has 0 radical (unpaired) electrons. The van der Waals surface area contributed by atoms with Gasteiger partial charge < -0.3 is 10.8 Å². The molecular formula is C13H23NO2. The fraction of sp³-hybridized carbons (Fsp3) is 0.462. The molecule has 3 N–H and O–H groups in total. The molecule has 0 saturated heterocycles. The number of carbonyl (C=O) groups excluding carboxylic acids is 1. The van der Waals surface area contributed by atoms with E-state index in [9.17, 15) is 4.79 Å². The first-order valence-electron chi connectivity index (χ1n) is 5.57. The number of rotatable bonds is 2. The highest BCUT2D eigenvalue weighted by Gasteiger charge is 1.87. The largest absolute Gasteiger partial charge is 0.508 e. The summed E-state index contributed by atoms with van der Waals surface area (Å²) < 4.78 is 0. The van der Waals surface area contributed by atoms with Crippen LogP contribution in [0.15, 0.2) is 24.3 Å². The lowest BCUT2D eigenvalue weighted by atomic mass is 10.2. The Hall–Kier alpha value is -1.35. The van der Waals surface area contributed by atoms with Crippen molar-refractivity contribution in [2.75, 3.05) is 6.54 Å². The van der Waals surface area contributed by atoms with E-state index in [0.717, 1.165) is 0 Å². The minimum atomic E-state index is 0.120. The second-order valence-corrected chi connectivity index (χ2v) is 2.93. The molecule has 16 heavy (non-hydrogen) atoms. The number of phenols is 1. The van der Waals surface area contributed by atoms with Crippen molar-refractivity contribution >= 4 is 5.78 Å². The summed E-state index contributed by atoms with van der Waals surface area (Å²) in [5, 5.41) is 8.76. The van der Waals surface area contributed by atoms with Gasteiger partial charge in [0, 0.05) is 6.42 Å². The number of carbonyl (C=O) groups is 1. The first-order chi connectivity index (χ1) is 7.60. The number of hydrogen-bond donors (Lipinski definition) is 2. The van der Waals surface area contributed by atoms with Crippen LogP contribution in [0.2, 0.25) is 0 Å². The number of ketones is 1. The van der Waals surface area contributed by atoms with E-state index in [-0.39, 0.29) is 12.3 Å². The molecule has 0 bridgehead atoms. The molecule has 0 fully saturated rings. The van der Waals surface area contributed by atoms with Crippen molar-refractivity contribution < 1.29 is 9.90 Å². The first-order valence-corrected chi connectivity index (χ1v) is 5.57. The van der Waals surface area contributed by atoms with Crippen LogP contribution in [-0.2, 0) is 4.79 Å². The van der Waals surface area contributed by atoms with Crippen LogP contribution in [0.1, 0.15) is 32.8 Å². The molecule has 3 nitrogen and oxygen atoms in total. The highest BCUT2D eigenvalue weighted by molar-refractivity contribution is 5.79. The zero-order valence-corrected chi connectivity index (χ0v) is 10.7. The summed E-state index contributed by atoms with van der Waals surface area (Å²) in [6.45, 7) is 7.98. The molecule has 0 aliphatic heterocycles. The average Bonchev–Trinajstić information content (AvgIpc) is 2.35. The van der Waals surface area contributed by atoms with Crippen molar-refractivity contribution in [2.45, 2.75) is 34.1 Å². The van der Waals surface area contributed by atoms with Gasteiger partial charge in [0.2, 0.25) is 0 Å². The molecule has 0 atom stereocenters.